The van der Waals surface area contributed by atoms with Gasteiger partial charge in [0.2, 0.25) is 0 Å². The smallest absolute Gasteiger partial charge is 0.358 e. The van der Waals surface area contributed by atoms with E-state index in [-0.39, 0.29) is 5.69 Å². The maximum atomic E-state index is 11.2. The zero-order valence-electron chi connectivity index (χ0n) is 11.0. The monoisotopic (exact) mass is 293 g/mol. The van der Waals surface area contributed by atoms with Crippen LogP contribution in [0.25, 0.3) is 10.9 Å². The van der Waals surface area contributed by atoms with Crippen LogP contribution in [0, 0.1) is 0 Å². The molecule has 2 N–H and O–H groups in total. The van der Waals surface area contributed by atoms with Gasteiger partial charge in [-0.2, -0.15) is 0 Å². The second-order valence-electron chi connectivity index (χ2n) is 4.30. The fourth-order valence-electron chi connectivity index (χ4n) is 1.87. The summed E-state index contributed by atoms with van der Waals surface area (Å²) < 4.78 is 11.0. The molecule has 20 heavy (non-hydrogen) atoms. The van der Waals surface area contributed by atoms with Gasteiger partial charge in [0.25, 0.3) is 0 Å². The molecular weight excluding hydrogens is 278 g/mol. The van der Waals surface area contributed by atoms with E-state index in [0.717, 1.165) is 5.39 Å². The standard InChI is InChI=1S/C13H15N3O3S/c1-20(19)8-4-7-14-11-9-5-2-3-6-10(9)15-16-12(11)13(17)18/h2-3,5-6H,4,7-8H2,1H3,(H,14,15)(H,17,18). The van der Waals surface area contributed by atoms with Gasteiger partial charge >= 0.3 is 5.97 Å². The summed E-state index contributed by atoms with van der Waals surface area (Å²) in [5.41, 5.74) is 1.00. The molecule has 0 spiro atoms. The summed E-state index contributed by atoms with van der Waals surface area (Å²) in [6.45, 7) is 0.537. The number of carboxylic acid groups (broad SMARTS) is 1. The molecule has 2 rings (SSSR count). The predicted molar refractivity (Wildman–Crippen MR) is 78.5 cm³/mol. The molecule has 0 amide bonds. The van der Waals surface area contributed by atoms with Gasteiger partial charge in [-0.15, -0.1) is 10.2 Å². The van der Waals surface area contributed by atoms with Crippen LogP contribution >= 0.6 is 0 Å². The number of fused-ring (bicyclic) bond motifs is 1. The Bertz CT molecular complexity index is 660. The van der Waals surface area contributed by atoms with Crippen molar-refractivity contribution >= 4 is 33.4 Å². The van der Waals surface area contributed by atoms with E-state index in [0.29, 0.717) is 29.9 Å². The van der Waals surface area contributed by atoms with Crippen molar-refractivity contribution in [2.24, 2.45) is 0 Å². The van der Waals surface area contributed by atoms with Gasteiger partial charge in [0.1, 0.15) is 0 Å². The Balaban J connectivity index is 2.30. The molecule has 0 radical (unpaired) electrons. The van der Waals surface area contributed by atoms with E-state index >= 15 is 0 Å². The van der Waals surface area contributed by atoms with Crippen LogP contribution in [0.2, 0.25) is 0 Å². The lowest BCUT2D eigenvalue weighted by Crippen LogP contribution is -2.12. The number of nitrogens with zero attached hydrogens (tertiary/aromatic N) is 2. The number of aromatic carboxylic acids is 1. The first-order chi connectivity index (χ1) is 9.59. The van der Waals surface area contributed by atoms with Gasteiger partial charge < -0.3 is 10.4 Å². The number of nitrogens with one attached hydrogen (secondary N) is 1. The van der Waals surface area contributed by atoms with Crippen molar-refractivity contribution in [2.75, 3.05) is 23.9 Å². The van der Waals surface area contributed by atoms with E-state index in [2.05, 4.69) is 15.5 Å². The Kier molecular flexibility index (Phi) is 4.62. The minimum absolute atomic E-state index is 0.0960. The normalized spacial score (nSPS) is 12.2. The van der Waals surface area contributed by atoms with Gasteiger partial charge in [0.15, 0.2) is 5.69 Å². The molecule has 2 aromatic rings. The number of carbonyl (C=O) groups is 1. The van der Waals surface area contributed by atoms with Crippen molar-refractivity contribution in [3.63, 3.8) is 0 Å². The number of aromatic nitrogens is 2. The van der Waals surface area contributed by atoms with Crippen LogP contribution in [0.15, 0.2) is 24.3 Å². The maximum Gasteiger partial charge on any atom is 0.358 e. The minimum Gasteiger partial charge on any atom is -0.476 e. The van der Waals surface area contributed by atoms with Gasteiger partial charge in [0, 0.05) is 34.7 Å². The van der Waals surface area contributed by atoms with E-state index in [1.165, 1.54) is 0 Å². The van der Waals surface area contributed by atoms with Crippen molar-refractivity contribution in [3.05, 3.63) is 30.0 Å². The van der Waals surface area contributed by atoms with E-state index in [1.807, 2.05) is 12.1 Å². The molecule has 0 aliphatic rings. The Hall–Kier alpha value is -2.02. The third-order valence-electron chi connectivity index (χ3n) is 2.78. The molecule has 0 saturated heterocycles. The zero-order valence-corrected chi connectivity index (χ0v) is 11.8. The molecule has 0 fully saturated rings. The molecule has 1 aromatic heterocycles. The van der Waals surface area contributed by atoms with E-state index in [1.54, 1.807) is 18.4 Å². The van der Waals surface area contributed by atoms with Crippen LogP contribution in [-0.4, -0.2) is 44.0 Å². The molecule has 0 saturated carbocycles. The van der Waals surface area contributed by atoms with Gasteiger partial charge in [-0.05, 0) is 12.5 Å². The summed E-state index contributed by atoms with van der Waals surface area (Å²) in [6, 6.07) is 7.22. The van der Waals surface area contributed by atoms with Crippen LogP contribution in [0.3, 0.4) is 0 Å². The lowest BCUT2D eigenvalue weighted by atomic mass is 10.1. The molecule has 1 atom stereocenters. The summed E-state index contributed by atoms with van der Waals surface area (Å²) in [5.74, 6) is -0.545. The molecule has 0 aliphatic heterocycles. The second-order valence-corrected chi connectivity index (χ2v) is 5.86. The fraction of sp³-hybridized carbons (Fsp3) is 0.308. The van der Waals surface area contributed by atoms with Crippen molar-refractivity contribution in [1.82, 2.24) is 10.2 Å². The van der Waals surface area contributed by atoms with Crippen molar-refractivity contribution in [3.8, 4) is 0 Å². The Morgan fingerprint density at radius 1 is 1.35 bits per heavy atom. The highest BCUT2D eigenvalue weighted by Gasteiger charge is 2.15. The Labute approximate surface area is 118 Å². The molecular formula is C13H15N3O3S. The van der Waals surface area contributed by atoms with Crippen LogP contribution in [0.1, 0.15) is 16.9 Å². The van der Waals surface area contributed by atoms with Gasteiger partial charge in [-0.1, -0.05) is 18.2 Å². The molecule has 7 heteroatoms. The van der Waals surface area contributed by atoms with Crippen molar-refractivity contribution in [1.29, 1.82) is 0 Å². The number of hydrogen-bond donors (Lipinski definition) is 2. The fourth-order valence-corrected chi connectivity index (χ4v) is 2.42. The van der Waals surface area contributed by atoms with Gasteiger partial charge in [-0.25, -0.2) is 4.79 Å². The minimum atomic E-state index is -1.12. The van der Waals surface area contributed by atoms with E-state index < -0.39 is 16.8 Å². The lowest BCUT2D eigenvalue weighted by Gasteiger charge is -2.11. The molecule has 0 aliphatic carbocycles. The van der Waals surface area contributed by atoms with E-state index in [4.69, 9.17) is 0 Å². The number of hydrogen-bond acceptors (Lipinski definition) is 5. The SMILES string of the molecule is CS(=O)CCCNc1c(C(=O)O)nnc2ccccc12. The third-order valence-corrected chi connectivity index (χ3v) is 3.64. The largest absolute Gasteiger partial charge is 0.476 e. The molecule has 6 nitrogen and oxygen atoms in total. The summed E-state index contributed by atoms with van der Waals surface area (Å²) in [4.78, 5) is 11.2. The summed E-state index contributed by atoms with van der Waals surface area (Å²) in [7, 11) is -0.849. The molecule has 1 unspecified atom stereocenters. The van der Waals surface area contributed by atoms with Crippen LogP contribution < -0.4 is 5.32 Å². The van der Waals surface area contributed by atoms with Gasteiger partial charge in [-0.3, -0.25) is 4.21 Å². The van der Waals surface area contributed by atoms with Crippen LogP contribution in [-0.2, 0) is 10.8 Å². The number of anilines is 1. The Morgan fingerprint density at radius 3 is 2.80 bits per heavy atom. The first-order valence-electron chi connectivity index (χ1n) is 6.12. The number of carboxylic acids is 1. The van der Waals surface area contributed by atoms with Crippen LogP contribution in [0.5, 0.6) is 0 Å². The second kappa shape index (κ2) is 6.42. The van der Waals surface area contributed by atoms with Crippen LogP contribution in [0.4, 0.5) is 5.69 Å². The predicted octanol–water partition coefficient (Wildman–Crippen LogP) is 1.51. The lowest BCUT2D eigenvalue weighted by molar-refractivity contribution is 0.0690. The van der Waals surface area contributed by atoms with E-state index in [9.17, 15) is 14.1 Å². The highest BCUT2D eigenvalue weighted by atomic mass is 32.2. The number of benzene rings is 1. The molecule has 1 aromatic carbocycles. The summed E-state index contributed by atoms with van der Waals surface area (Å²) in [5, 5.41) is 20.6. The molecule has 0 bridgehead atoms. The first kappa shape index (κ1) is 14.4. The van der Waals surface area contributed by atoms with Crippen molar-refractivity contribution < 1.29 is 14.1 Å². The average molecular weight is 293 g/mol. The maximum absolute atomic E-state index is 11.2. The molecule has 1 heterocycles. The van der Waals surface area contributed by atoms with Crippen molar-refractivity contribution in [2.45, 2.75) is 6.42 Å². The topological polar surface area (TPSA) is 92.2 Å². The average Bonchev–Trinajstić information content (AvgIpc) is 2.42. The third kappa shape index (κ3) is 3.30. The highest BCUT2D eigenvalue weighted by Crippen LogP contribution is 2.24. The highest BCUT2D eigenvalue weighted by molar-refractivity contribution is 7.84. The first-order valence-corrected chi connectivity index (χ1v) is 7.85. The summed E-state index contributed by atoms with van der Waals surface area (Å²) >= 11 is 0. The Morgan fingerprint density at radius 2 is 2.10 bits per heavy atom. The summed E-state index contributed by atoms with van der Waals surface area (Å²) in [6.07, 6.45) is 2.34. The number of rotatable bonds is 6. The quantitative estimate of drug-likeness (QED) is 0.784. The van der Waals surface area contributed by atoms with Gasteiger partial charge in [0.05, 0.1) is 11.2 Å². The zero-order chi connectivity index (χ0) is 14.5. The molecule has 106 valence electrons.